The Hall–Kier alpha value is -2.68. The smallest absolute Gasteiger partial charge is 0.165 e. The van der Waals surface area contributed by atoms with Crippen molar-refractivity contribution < 1.29 is 9.84 Å². The summed E-state index contributed by atoms with van der Waals surface area (Å²) in [5, 5.41) is 14.5. The summed E-state index contributed by atoms with van der Waals surface area (Å²) in [6.45, 7) is 0.992. The van der Waals surface area contributed by atoms with Crippen molar-refractivity contribution in [1.29, 1.82) is 0 Å². The molecule has 0 radical (unpaired) electrons. The highest BCUT2D eigenvalue weighted by Gasteiger charge is 2.36. The Morgan fingerprint density at radius 1 is 1.20 bits per heavy atom. The molecule has 1 aliphatic heterocycles. The number of imidazole rings is 1. The molecule has 2 aliphatic rings. The Morgan fingerprint density at radius 2 is 2.08 bits per heavy atom. The number of aliphatic hydroxyl groups excluding tert-OH is 1. The molecule has 0 bridgehead atoms. The summed E-state index contributed by atoms with van der Waals surface area (Å²) in [5.41, 5.74) is 1.64. The topological polar surface area (TPSA) is 94.1 Å². The van der Waals surface area contributed by atoms with Gasteiger partial charge in [-0.15, -0.1) is 0 Å². The molecule has 2 fully saturated rings. The predicted octanol–water partition coefficient (Wildman–Crippen LogP) is 0.523. The highest BCUT2D eigenvalue weighted by Crippen LogP contribution is 2.37. The third-order valence-corrected chi connectivity index (χ3v) is 4.78. The van der Waals surface area contributed by atoms with Crippen LogP contribution in [-0.2, 0) is 7.05 Å². The summed E-state index contributed by atoms with van der Waals surface area (Å²) >= 11 is 0. The van der Waals surface area contributed by atoms with Crippen molar-refractivity contribution in [2.45, 2.75) is 31.1 Å². The molecule has 0 spiro atoms. The summed E-state index contributed by atoms with van der Waals surface area (Å²) in [5.74, 6) is 1.40. The van der Waals surface area contributed by atoms with Gasteiger partial charge in [-0.1, -0.05) is 0 Å². The predicted molar refractivity (Wildman–Crippen MR) is 89.4 cm³/mol. The van der Waals surface area contributed by atoms with Crippen molar-refractivity contribution in [1.82, 2.24) is 29.3 Å². The molecule has 0 aromatic carbocycles. The lowest BCUT2D eigenvalue weighted by Crippen LogP contribution is -2.29. The van der Waals surface area contributed by atoms with Gasteiger partial charge in [0.2, 0.25) is 0 Å². The standard InChI is InChI=1S/C16H19N7O2/c1-21-5-11(4-20-21)25-13-7-22(6-12(13)24)15-14-16(18-8-17-15)23(9-19-14)10-2-3-10/h4-5,8-10,12-13,24H,2-3,6-7H2,1H3/t12-,13-/m1/s1. The number of β-amino-alcohol motifs (C(OH)–C–C–N with tert-alkyl or cyclic N) is 1. The summed E-state index contributed by atoms with van der Waals surface area (Å²) in [7, 11) is 1.83. The first-order valence-corrected chi connectivity index (χ1v) is 8.45. The molecule has 5 rings (SSSR count). The van der Waals surface area contributed by atoms with Crippen LogP contribution in [0, 0.1) is 0 Å². The van der Waals surface area contributed by atoms with Crippen molar-refractivity contribution in [3.05, 3.63) is 25.0 Å². The molecule has 3 aromatic rings. The van der Waals surface area contributed by atoms with Crippen LogP contribution < -0.4 is 9.64 Å². The Balaban J connectivity index is 1.41. The minimum Gasteiger partial charge on any atom is -0.482 e. The first kappa shape index (κ1) is 14.6. The molecule has 25 heavy (non-hydrogen) atoms. The number of anilines is 1. The highest BCUT2D eigenvalue weighted by atomic mass is 16.5. The van der Waals surface area contributed by atoms with Crippen molar-refractivity contribution in [3.8, 4) is 5.75 Å². The number of aliphatic hydroxyl groups is 1. The van der Waals surface area contributed by atoms with Gasteiger partial charge in [0.25, 0.3) is 0 Å². The van der Waals surface area contributed by atoms with Crippen molar-refractivity contribution >= 4 is 17.0 Å². The Bertz CT molecular complexity index is 916. The molecule has 0 amide bonds. The second-order valence-electron chi connectivity index (χ2n) is 6.73. The van der Waals surface area contributed by atoms with Crippen LogP contribution in [0.5, 0.6) is 5.75 Å². The van der Waals surface area contributed by atoms with Crippen LogP contribution in [0.1, 0.15) is 18.9 Å². The molecule has 4 heterocycles. The number of rotatable bonds is 4. The van der Waals surface area contributed by atoms with Gasteiger partial charge in [0.05, 0.1) is 25.3 Å². The van der Waals surface area contributed by atoms with Gasteiger partial charge in [0.15, 0.2) is 22.7 Å². The lowest BCUT2D eigenvalue weighted by Gasteiger charge is -2.17. The quantitative estimate of drug-likeness (QED) is 0.739. The molecule has 2 atom stereocenters. The van der Waals surface area contributed by atoms with Crippen molar-refractivity contribution in [2.75, 3.05) is 18.0 Å². The summed E-state index contributed by atoms with van der Waals surface area (Å²) in [6.07, 6.45) is 8.26. The van der Waals surface area contributed by atoms with Gasteiger partial charge in [-0.05, 0) is 12.8 Å². The minimum atomic E-state index is -0.601. The fourth-order valence-electron chi connectivity index (χ4n) is 3.37. The van der Waals surface area contributed by atoms with Gasteiger partial charge < -0.3 is 19.3 Å². The van der Waals surface area contributed by atoms with Crippen LogP contribution in [0.15, 0.2) is 25.0 Å². The summed E-state index contributed by atoms with van der Waals surface area (Å²) in [4.78, 5) is 15.4. The van der Waals surface area contributed by atoms with Gasteiger partial charge in [-0.25, -0.2) is 15.0 Å². The van der Waals surface area contributed by atoms with E-state index in [9.17, 15) is 5.11 Å². The van der Waals surface area contributed by atoms with Crippen LogP contribution in [0.3, 0.4) is 0 Å². The number of hydrogen-bond acceptors (Lipinski definition) is 7. The number of nitrogens with zero attached hydrogens (tertiary/aromatic N) is 7. The molecule has 1 saturated carbocycles. The normalized spacial score (nSPS) is 23.5. The van der Waals surface area contributed by atoms with E-state index in [0.717, 1.165) is 17.0 Å². The van der Waals surface area contributed by atoms with E-state index < -0.39 is 6.10 Å². The lowest BCUT2D eigenvalue weighted by molar-refractivity contribution is 0.0737. The number of aryl methyl sites for hydroxylation is 1. The summed E-state index contributed by atoms with van der Waals surface area (Å²) < 4.78 is 9.68. The van der Waals surface area contributed by atoms with Crippen LogP contribution in [0.2, 0.25) is 0 Å². The Kier molecular flexibility index (Phi) is 3.17. The zero-order valence-corrected chi connectivity index (χ0v) is 13.9. The molecule has 0 unspecified atom stereocenters. The second-order valence-corrected chi connectivity index (χ2v) is 6.73. The zero-order chi connectivity index (χ0) is 17.0. The van der Waals surface area contributed by atoms with E-state index in [1.165, 1.54) is 12.8 Å². The van der Waals surface area contributed by atoms with E-state index in [-0.39, 0.29) is 6.10 Å². The monoisotopic (exact) mass is 341 g/mol. The first-order chi connectivity index (χ1) is 12.2. The van der Waals surface area contributed by atoms with E-state index >= 15 is 0 Å². The van der Waals surface area contributed by atoms with E-state index in [1.807, 2.05) is 18.3 Å². The molecular weight excluding hydrogens is 322 g/mol. The molecular formula is C16H19N7O2. The fourth-order valence-corrected chi connectivity index (χ4v) is 3.37. The third kappa shape index (κ3) is 2.51. The maximum atomic E-state index is 10.4. The highest BCUT2D eigenvalue weighted by molar-refractivity contribution is 5.83. The van der Waals surface area contributed by atoms with Gasteiger partial charge in [-0.2, -0.15) is 5.10 Å². The van der Waals surface area contributed by atoms with E-state index in [4.69, 9.17) is 4.74 Å². The van der Waals surface area contributed by atoms with Gasteiger partial charge in [-0.3, -0.25) is 4.68 Å². The maximum absolute atomic E-state index is 10.4. The average Bonchev–Trinajstić information content (AvgIpc) is 3.05. The SMILES string of the molecule is Cn1cc(O[C@@H]2CN(c3ncnc4c3ncn4C3CC3)C[C@H]2O)cn1. The molecule has 9 heteroatoms. The van der Waals surface area contributed by atoms with E-state index in [2.05, 4.69) is 24.6 Å². The zero-order valence-electron chi connectivity index (χ0n) is 13.9. The Morgan fingerprint density at radius 3 is 2.84 bits per heavy atom. The second kappa shape index (κ2) is 5.41. The van der Waals surface area contributed by atoms with E-state index in [1.54, 1.807) is 23.4 Å². The van der Waals surface area contributed by atoms with Gasteiger partial charge in [0, 0.05) is 19.6 Å². The number of ether oxygens (including phenoxy) is 1. The number of aromatic nitrogens is 6. The lowest BCUT2D eigenvalue weighted by atomic mass is 10.3. The molecule has 3 aromatic heterocycles. The molecule has 1 N–H and O–H groups in total. The molecule has 130 valence electrons. The number of hydrogen-bond donors (Lipinski definition) is 1. The van der Waals surface area contributed by atoms with Crippen molar-refractivity contribution in [3.63, 3.8) is 0 Å². The minimum absolute atomic E-state index is 0.334. The molecule has 1 saturated heterocycles. The average molecular weight is 341 g/mol. The van der Waals surface area contributed by atoms with Crippen LogP contribution in [0.4, 0.5) is 5.82 Å². The van der Waals surface area contributed by atoms with Crippen molar-refractivity contribution in [2.24, 2.45) is 7.05 Å². The third-order valence-electron chi connectivity index (χ3n) is 4.78. The molecule has 1 aliphatic carbocycles. The van der Waals surface area contributed by atoms with E-state index in [0.29, 0.717) is 24.9 Å². The first-order valence-electron chi connectivity index (χ1n) is 8.45. The van der Waals surface area contributed by atoms with Crippen LogP contribution in [-0.4, -0.2) is 59.7 Å². The van der Waals surface area contributed by atoms with Gasteiger partial charge in [0.1, 0.15) is 18.5 Å². The summed E-state index contributed by atoms with van der Waals surface area (Å²) in [6, 6.07) is 0.513. The maximum Gasteiger partial charge on any atom is 0.165 e. The van der Waals surface area contributed by atoms with Gasteiger partial charge >= 0.3 is 0 Å². The largest absolute Gasteiger partial charge is 0.482 e. The fraction of sp³-hybridized carbons (Fsp3) is 0.500. The van der Waals surface area contributed by atoms with Crippen LogP contribution >= 0.6 is 0 Å². The molecule has 9 nitrogen and oxygen atoms in total. The van der Waals surface area contributed by atoms with Crippen LogP contribution in [0.25, 0.3) is 11.2 Å². The number of fused-ring (bicyclic) bond motifs is 1. The Labute approximate surface area is 143 Å².